The summed E-state index contributed by atoms with van der Waals surface area (Å²) in [5, 5.41) is 6.72. The summed E-state index contributed by atoms with van der Waals surface area (Å²) < 4.78 is 41.1. The van der Waals surface area contributed by atoms with Gasteiger partial charge in [0.25, 0.3) is 0 Å². The number of hydrogen-bond acceptors (Lipinski definition) is 3. The minimum Gasteiger partial charge on any atom is -0.339 e. The number of benzene rings is 2. The Morgan fingerprint density at radius 1 is 1.03 bits per heavy atom. The van der Waals surface area contributed by atoms with Crippen LogP contribution in [0.1, 0.15) is 24.0 Å². The second-order valence-electron chi connectivity index (χ2n) is 8.01. The van der Waals surface area contributed by atoms with Gasteiger partial charge in [0.2, 0.25) is 11.8 Å². The number of hydrogen-bond donors (Lipinski definition) is 1. The number of piperidine rings is 1. The number of carbonyl (C=O) groups is 2. The molecule has 1 aliphatic rings. The molecule has 1 aliphatic heterocycles. The van der Waals surface area contributed by atoms with Crippen LogP contribution in [-0.2, 0) is 15.8 Å². The zero-order valence-corrected chi connectivity index (χ0v) is 18.2. The lowest BCUT2D eigenvalue weighted by Crippen LogP contribution is -2.40. The standard InChI is InChI=1S/C25H23F3N4O2/c26-25(27,28)20-8-9-22(32-14-4-13-29-32)21(17-20)30-24(34)19-11-15-31(16-12-19)23(33)10-7-18-5-2-1-3-6-18/h1-10,13-14,17,19H,11-12,15-16H2,(H,30,34)/b10-7+. The first-order valence-corrected chi connectivity index (χ1v) is 10.9. The van der Waals surface area contributed by atoms with Crippen LogP contribution in [-0.4, -0.2) is 39.6 Å². The molecule has 1 fully saturated rings. The van der Waals surface area contributed by atoms with Crippen LogP contribution in [0.4, 0.5) is 18.9 Å². The summed E-state index contributed by atoms with van der Waals surface area (Å²) in [6.45, 7) is 0.787. The fourth-order valence-corrected chi connectivity index (χ4v) is 3.86. The van der Waals surface area contributed by atoms with Crippen molar-refractivity contribution in [3.63, 3.8) is 0 Å². The molecule has 9 heteroatoms. The van der Waals surface area contributed by atoms with Gasteiger partial charge in [-0.3, -0.25) is 9.59 Å². The van der Waals surface area contributed by atoms with E-state index in [2.05, 4.69) is 10.4 Å². The summed E-state index contributed by atoms with van der Waals surface area (Å²) in [7, 11) is 0. The van der Waals surface area contributed by atoms with Crippen LogP contribution < -0.4 is 5.32 Å². The zero-order valence-electron chi connectivity index (χ0n) is 18.2. The maximum absolute atomic E-state index is 13.2. The second kappa shape index (κ2) is 9.94. The Morgan fingerprint density at radius 2 is 1.76 bits per heavy atom. The first kappa shape index (κ1) is 23.3. The molecule has 2 aromatic carbocycles. The second-order valence-corrected chi connectivity index (χ2v) is 8.01. The van der Waals surface area contributed by atoms with Crippen LogP contribution >= 0.6 is 0 Å². The fourth-order valence-electron chi connectivity index (χ4n) is 3.86. The average Bonchev–Trinajstić information content (AvgIpc) is 3.37. The topological polar surface area (TPSA) is 67.2 Å². The maximum atomic E-state index is 13.2. The smallest absolute Gasteiger partial charge is 0.339 e. The molecule has 2 heterocycles. The van der Waals surface area contributed by atoms with Gasteiger partial charge in [-0.15, -0.1) is 0 Å². The van der Waals surface area contributed by atoms with Gasteiger partial charge in [-0.05, 0) is 48.7 Å². The molecule has 1 aromatic heterocycles. The molecule has 0 saturated carbocycles. The van der Waals surface area contributed by atoms with E-state index in [0.717, 1.165) is 17.7 Å². The first-order valence-electron chi connectivity index (χ1n) is 10.9. The lowest BCUT2D eigenvalue weighted by atomic mass is 9.95. The molecule has 0 unspecified atom stereocenters. The molecular weight excluding hydrogens is 445 g/mol. The van der Waals surface area contributed by atoms with Gasteiger partial charge in [0.05, 0.1) is 16.9 Å². The van der Waals surface area contributed by atoms with E-state index < -0.39 is 17.7 Å². The molecule has 0 bridgehead atoms. The molecular formula is C25H23F3N4O2. The Hall–Kier alpha value is -3.88. The Bertz CT molecular complexity index is 1170. The monoisotopic (exact) mass is 468 g/mol. The molecule has 34 heavy (non-hydrogen) atoms. The summed E-state index contributed by atoms with van der Waals surface area (Å²) in [4.78, 5) is 27.0. The molecule has 3 aromatic rings. The minimum absolute atomic E-state index is 0.0350. The molecule has 1 saturated heterocycles. The van der Waals surface area contributed by atoms with Gasteiger partial charge in [0.15, 0.2) is 0 Å². The average molecular weight is 468 g/mol. The van der Waals surface area contributed by atoms with E-state index in [1.165, 1.54) is 23.0 Å². The van der Waals surface area contributed by atoms with Gasteiger partial charge >= 0.3 is 6.18 Å². The Labute approximate surface area is 194 Å². The third-order valence-electron chi connectivity index (χ3n) is 5.73. The van der Waals surface area contributed by atoms with Gasteiger partial charge in [0.1, 0.15) is 0 Å². The molecule has 4 rings (SSSR count). The SMILES string of the molecule is O=C(Nc1cc(C(F)(F)F)ccc1-n1cccn1)C1CCN(C(=O)/C=C/c2ccccc2)CC1. The lowest BCUT2D eigenvalue weighted by molar-refractivity contribution is -0.137. The predicted molar refractivity (Wildman–Crippen MR) is 122 cm³/mol. The molecule has 1 N–H and O–H groups in total. The Kier molecular flexibility index (Phi) is 6.81. The number of alkyl halides is 3. The summed E-state index contributed by atoms with van der Waals surface area (Å²) in [6.07, 6.45) is 2.65. The molecule has 0 aliphatic carbocycles. The van der Waals surface area contributed by atoms with Crippen LogP contribution in [0, 0.1) is 5.92 Å². The van der Waals surface area contributed by atoms with E-state index in [1.807, 2.05) is 30.3 Å². The third-order valence-corrected chi connectivity index (χ3v) is 5.73. The molecule has 0 atom stereocenters. The van der Waals surface area contributed by atoms with E-state index in [9.17, 15) is 22.8 Å². The number of aromatic nitrogens is 2. The molecule has 0 spiro atoms. The van der Waals surface area contributed by atoms with Gasteiger partial charge in [-0.1, -0.05) is 30.3 Å². The summed E-state index contributed by atoms with van der Waals surface area (Å²) in [5.74, 6) is -0.927. The Morgan fingerprint density at radius 3 is 2.41 bits per heavy atom. The lowest BCUT2D eigenvalue weighted by Gasteiger charge is -2.30. The van der Waals surface area contributed by atoms with Crippen LogP contribution in [0.25, 0.3) is 11.8 Å². The van der Waals surface area contributed by atoms with Crippen molar-refractivity contribution in [1.82, 2.24) is 14.7 Å². The highest BCUT2D eigenvalue weighted by Gasteiger charge is 2.32. The van der Waals surface area contributed by atoms with Crippen LogP contribution in [0.15, 0.2) is 73.1 Å². The van der Waals surface area contributed by atoms with E-state index >= 15 is 0 Å². The third kappa shape index (κ3) is 5.54. The molecule has 0 radical (unpaired) electrons. The van der Waals surface area contributed by atoms with Crippen molar-refractivity contribution in [3.05, 3.63) is 84.2 Å². The number of amides is 2. The van der Waals surface area contributed by atoms with Gasteiger partial charge < -0.3 is 10.2 Å². The highest BCUT2D eigenvalue weighted by Crippen LogP contribution is 2.33. The van der Waals surface area contributed by atoms with E-state index in [4.69, 9.17) is 0 Å². The van der Waals surface area contributed by atoms with Crippen molar-refractivity contribution in [2.75, 3.05) is 18.4 Å². The van der Waals surface area contributed by atoms with Crippen LogP contribution in [0.5, 0.6) is 0 Å². The van der Waals surface area contributed by atoms with Gasteiger partial charge in [-0.25, -0.2) is 4.68 Å². The molecule has 2 amide bonds. The summed E-state index contributed by atoms with van der Waals surface area (Å²) in [5.41, 5.74) is 0.432. The zero-order chi connectivity index (χ0) is 24.1. The quantitative estimate of drug-likeness (QED) is 0.548. The van der Waals surface area contributed by atoms with E-state index in [1.54, 1.807) is 23.2 Å². The minimum atomic E-state index is -4.54. The largest absolute Gasteiger partial charge is 0.416 e. The number of likely N-dealkylation sites (tertiary alicyclic amines) is 1. The highest BCUT2D eigenvalue weighted by atomic mass is 19.4. The summed E-state index contributed by atoms with van der Waals surface area (Å²) >= 11 is 0. The van der Waals surface area contributed by atoms with Crippen LogP contribution in [0.3, 0.4) is 0 Å². The first-order chi connectivity index (χ1) is 16.3. The number of rotatable bonds is 5. The number of halogens is 3. The maximum Gasteiger partial charge on any atom is 0.416 e. The van der Waals surface area contributed by atoms with Gasteiger partial charge in [0, 0.05) is 37.5 Å². The van der Waals surface area contributed by atoms with Crippen molar-refractivity contribution in [3.8, 4) is 5.69 Å². The predicted octanol–water partition coefficient (Wildman–Crippen LogP) is 4.78. The van der Waals surface area contributed by atoms with Crippen molar-refractivity contribution in [2.24, 2.45) is 5.92 Å². The summed E-state index contributed by atoms with van der Waals surface area (Å²) in [6, 6.07) is 14.3. The Balaban J connectivity index is 1.41. The molecule has 176 valence electrons. The highest BCUT2D eigenvalue weighted by molar-refractivity contribution is 5.95. The van der Waals surface area contributed by atoms with E-state index in [0.29, 0.717) is 31.6 Å². The number of nitrogens with zero attached hydrogens (tertiary/aromatic N) is 3. The fraction of sp³-hybridized carbons (Fsp3) is 0.240. The van der Waals surface area contributed by atoms with Crippen LogP contribution in [0.2, 0.25) is 0 Å². The van der Waals surface area contributed by atoms with Crippen molar-refractivity contribution in [2.45, 2.75) is 19.0 Å². The number of anilines is 1. The number of nitrogens with one attached hydrogen (secondary N) is 1. The normalized spacial score (nSPS) is 15.0. The van der Waals surface area contributed by atoms with Crippen molar-refractivity contribution in [1.29, 1.82) is 0 Å². The van der Waals surface area contributed by atoms with Crippen molar-refractivity contribution < 1.29 is 22.8 Å². The van der Waals surface area contributed by atoms with E-state index in [-0.39, 0.29) is 17.5 Å². The van der Waals surface area contributed by atoms with Gasteiger partial charge in [-0.2, -0.15) is 18.3 Å². The van der Waals surface area contributed by atoms with Crippen molar-refractivity contribution >= 4 is 23.6 Å². The number of carbonyl (C=O) groups excluding carboxylic acids is 2. The molecule has 6 nitrogen and oxygen atoms in total.